The van der Waals surface area contributed by atoms with Crippen LogP contribution in [0.3, 0.4) is 0 Å². The second-order valence-corrected chi connectivity index (χ2v) is 8.79. The SMILES string of the molecule is CNC(c1ccc(S(C)(=O)=O)cc1)c1sc(C)cc1Br. The van der Waals surface area contributed by atoms with Gasteiger partial charge in [-0.25, -0.2) is 8.42 Å². The number of aryl methyl sites for hydroxylation is 1. The monoisotopic (exact) mass is 373 g/mol. The molecule has 0 aliphatic rings. The van der Waals surface area contributed by atoms with Crippen LogP contribution >= 0.6 is 27.3 Å². The third kappa shape index (κ3) is 3.31. The van der Waals surface area contributed by atoms with E-state index in [4.69, 9.17) is 0 Å². The maximum Gasteiger partial charge on any atom is 0.175 e. The minimum atomic E-state index is -3.15. The molecular formula is C14H16BrNO2S2. The van der Waals surface area contributed by atoms with Gasteiger partial charge in [0.05, 0.1) is 10.9 Å². The van der Waals surface area contributed by atoms with Gasteiger partial charge in [-0.2, -0.15) is 0 Å². The number of rotatable bonds is 4. The summed E-state index contributed by atoms with van der Waals surface area (Å²) in [6, 6.07) is 9.18. The maximum absolute atomic E-state index is 11.5. The van der Waals surface area contributed by atoms with E-state index in [-0.39, 0.29) is 6.04 Å². The van der Waals surface area contributed by atoms with Gasteiger partial charge in [0.25, 0.3) is 0 Å². The lowest BCUT2D eigenvalue weighted by Gasteiger charge is -2.16. The van der Waals surface area contributed by atoms with Crippen molar-refractivity contribution in [3.8, 4) is 0 Å². The van der Waals surface area contributed by atoms with Crippen LogP contribution in [0.1, 0.15) is 21.4 Å². The lowest BCUT2D eigenvalue weighted by atomic mass is 10.1. The van der Waals surface area contributed by atoms with E-state index in [9.17, 15) is 8.42 Å². The molecule has 1 atom stereocenters. The molecule has 0 aliphatic carbocycles. The van der Waals surface area contributed by atoms with E-state index >= 15 is 0 Å². The number of halogens is 1. The van der Waals surface area contributed by atoms with Gasteiger partial charge in [0.15, 0.2) is 9.84 Å². The molecule has 0 saturated carbocycles. The minimum absolute atomic E-state index is 0.0525. The summed E-state index contributed by atoms with van der Waals surface area (Å²) in [5.41, 5.74) is 1.04. The van der Waals surface area contributed by atoms with Crippen LogP contribution in [0.2, 0.25) is 0 Å². The average molecular weight is 374 g/mol. The predicted molar refractivity (Wildman–Crippen MR) is 87.2 cm³/mol. The largest absolute Gasteiger partial charge is 0.309 e. The van der Waals surface area contributed by atoms with E-state index in [1.54, 1.807) is 23.5 Å². The third-order valence-corrected chi connectivity index (χ3v) is 6.19. The van der Waals surface area contributed by atoms with E-state index in [0.717, 1.165) is 10.0 Å². The number of benzene rings is 1. The Labute approximate surface area is 132 Å². The van der Waals surface area contributed by atoms with Gasteiger partial charge >= 0.3 is 0 Å². The minimum Gasteiger partial charge on any atom is -0.309 e. The molecule has 1 unspecified atom stereocenters. The summed E-state index contributed by atoms with van der Waals surface area (Å²) in [5, 5.41) is 3.28. The molecule has 0 saturated heterocycles. The van der Waals surface area contributed by atoms with Crippen LogP contribution in [0.25, 0.3) is 0 Å². The highest BCUT2D eigenvalue weighted by atomic mass is 79.9. The second-order valence-electron chi connectivity index (χ2n) is 4.63. The summed E-state index contributed by atoms with van der Waals surface area (Å²) in [5.74, 6) is 0. The van der Waals surface area contributed by atoms with Crippen LogP contribution < -0.4 is 5.32 Å². The third-order valence-electron chi connectivity index (χ3n) is 3.03. The van der Waals surface area contributed by atoms with E-state index in [2.05, 4.69) is 34.2 Å². The highest BCUT2D eigenvalue weighted by molar-refractivity contribution is 9.10. The number of thiophene rings is 1. The van der Waals surface area contributed by atoms with Gasteiger partial charge in [-0.15, -0.1) is 11.3 Å². The zero-order valence-electron chi connectivity index (χ0n) is 11.5. The molecule has 0 fully saturated rings. The summed E-state index contributed by atoms with van der Waals surface area (Å²) in [6.07, 6.45) is 1.22. The standard InChI is InChI=1S/C14H16BrNO2S2/c1-9-8-12(15)14(19-9)13(16-2)10-4-6-11(7-5-10)20(3,17)18/h4-8,13,16H,1-3H3. The number of nitrogens with one attached hydrogen (secondary N) is 1. The topological polar surface area (TPSA) is 46.2 Å². The van der Waals surface area contributed by atoms with Crippen molar-refractivity contribution in [2.45, 2.75) is 17.9 Å². The van der Waals surface area contributed by atoms with E-state index in [1.165, 1.54) is 16.0 Å². The van der Waals surface area contributed by atoms with Gasteiger partial charge < -0.3 is 5.32 Å². The lowest BCUT2D eigenvalue weighted by molar-refractivity contribution is 0.601. The van der Waals surface area contributed by atoms with E-state index in [1.807, 2.05) is 19.2 Å². The highest BCUT2D eigenvalue weighted by Gasteiger charge is 2.18. The lowest BCUT2D eigenvalue weighted by Crippen LogP contribution is -2.17. The Bertz CT molecular complexity index is 705. The van der Waals surface area contributed by atoms with Gasteiger partial charge in [0.1, 0.15) is 0 Å². The zero-order valence-corrected chi connectivity index (χ0v) is 14.7. The number of hydrogen-bond acceptors (Lipinski definition) is 4. The van der Waals surface area contributed by atoms with Crippen molar-refractivity contribution >= 4 is 37.1 Å². The first-order chi connectivity index (χ1) is 9.32. The Kier molecular flexibility index (Phi) is 4.69. The first-order valence-corrected chi connectivity index (χ1v) is 9.56. The molecule has 1 N–H and O–H groups in total. The normalized spacial score (nSPS) is 13.4. The first-order valence-electron chi connectivity index (χ1n) is 6.06. The van der Waals surface area contributed by atoms with Crippen molar-refractivity contribution < 1.29 is 8.42 Å². The molecule has 0 amide bonds. The first kappa shape index (κ1) is 15.7. The van der Waals surface area contributed by atoms with Crippen LogP contribution in [0.4, 0.5) is 0 Å². The Morgan fingerprint density at radius 3 is 2.25 bits per heavy atom. The van der Waals surface area contributed by atoms with Gasteiger partial charge in [-0.05, 0) is 53.7 Å². The molecule has 0 bridgehead atoms. The van der Waals surface area contributed by atoms with Crippen LogP contribution in [-0.2, 0) is 9.84 Å². The zero-order chi connectivity index (χ0) is 14.9. The maximum atomic E-state index is 11.5. The summed E-state index contributed by atoms with van der Waals surface area (Å²) in [7, 11) is -1.25. The summed E-state index contributed by atoms with van der Waals surface area (Å²) in [4.78, 5) is 2.77. The molecular weight excluding hydrogens is 358 g/mol. The Balaban J connectivity index is 2.40. The molecule has 0 radical (unpaired) electrons. The predicted octanol–water partition coefficient (Wildman–Crippen LogP) is 3.53. The Hall–Kier alpha value is -0.690. The molecule has 1 aromatic carbocycles. The molecule has 108 valence electrons. The number of sulfone groups is 1. The summed E-state index contributed by atoms with van der Waals surface area (Å²) >= 11 is 5.30. The fourth-order valence-electron chi connectivity index (χ4n) is 2.05. The average Bonchev–Trinajstić information content (AvgIpc) is 2.69. The van der Waals surface area contributed by atoms with Gasteiger partial charge in [0.2, 0.25) is 0 Å². The quantitative estimate of drug-likeness (QED) is 0.891. The molecule has 6 heteroatoms. The molecule has 1 aromatic heterocycles. The van der Waals surface area contributed by atoms with Crippen LogP contribution in [0.15, 0.2) is 39.7 Å². The second kappa shape index (κ2) is 5.97. The molecule has 1 heterocycles. The van der Waals surface area contributed by atoms with Crippen molar-refractivity contribution in [2.24, 2.45) is 0 Å². The smallest absolute Gasteiger partial charge is 0.175 e. The molecule has 2 aromatic rings. The Morgan fingerprint density at radius 1 is 1.25 bits per heavy atom. The summed E-state index contributed by atoms with van der Waals surface area (Å²) < 4.78 is 24.1. The van der Waals surface area contributed by atoms with Crippen molar-refractivity contribution in [2.75, 3.05) is 13.3 Å². The molecule has 0 spiro atoms. The molecule has 20 heavy (non-hydrogen) atoms. The van der Waals surface area contributed by atoms with Crippen LogP contribution in [-0.4, -0.2) is 21.7 Å². The van der Waals surface area contributed by atoms with E-state index < -0.39 is 9.84 Å². The van der Waals surface area contributed by atoms with Gasteiger partial charge in [-0.3, -0.25) is 0 Å². The van der Waals surface area contributed by atoms with Crippen molar-refractivity contribution in [3.05, 3.63) is 50.1 Å². The molecule has 3 nitrogen and oxygen atoms in total. The summed E-state index contributed by atoms with van der Waals surface area (Å²) in [6.45, 7) is 2.07. The van der Waals surface area contributed by atoms with Crippen LogP contribution in [0, 0.1) is 6.92 Å². The molecule has 2 rings (SSSR count). The van der Waals surface area contributed by atoms with E-state index in [0.29, 0.717) is 4.90 Å². The van der Waals surface area contributed by atoms with Crippen molar-refractivity contribution in [3.63, 3.8) is 0 Å². The number of hydrogen-bond donors (Lipinski definition) is 1. The van der Waals surface area contributed by atoms with Gasteiger partial charge in [-0.1, -0.05) is 12.1 Å². The van der Waals surface area contributed by atoms with Crippen molar-refractivity contribution in [1.29, 1.82) is 0 Å². The van der Waals surface area contributed by atoms with Gasteiger partial charge in [0, 0.05) is 20.5 Å². The fraction of sp³-hybridized carbons (Fsp3) is 0.286. The Morgan fingerprint density at radius 2 is 1.85 bits per heavy atom. The van der Waals surface area contributed by atoms with Crippen molar-refractivity contribution in [1.82, 2.24) is 5.32 Å². The fourth-order valence-corrected chi connectivity index (χ4v) is 4.70. The highest BCUT2D eigenvalue weighted by Crippen LogP contribution is 2.35. The van der Waals surface area contributed by atoms with Crippen LogP contribution in [0.5, 0.6) is 0 Å². The molecule has 0 aliphatic heterocycles.